The number of methoxy groups -OCH3 is 1. The fraction of sp³-hybridized carbons (Fsp3) is 0.222. The first-order chi connectivity index (χ1) is 12.4. The van der Waals surface area contributed by atoms with Gasteiger partial charge in [-0.15, -0.1) is 0 Å². The second-order valence-corrected chi connectivity index (χ2v) is 5.22. The molecule has 0 saturated carbocycles. The number of hydrogen-bond donors (Lipinski definition) is 2. The van der Waals surface area contributed by atoms with E-state index in [1.165, 1.54) is 7.11 Å². The number of nitriles is 1. The standard InChI is InChI=1S/C18H18N4O4/c1-4-26-18(24)14-10(2)21-16(13(9-19)15(14)20)22-17(23)11-5-7-12(25-3)8-6-11/h5-8H,4H2,1-3H3,(H3,20,21,22,23). The fourth-order valence-electron chi connectivity index (χ4n) is 2.31. The summed E-state index contributed by atoms with van der Waals surface area (Å²) in [6, 6.07) is 8.29. The van der Waals surface area contributed by atoms with Crippen molar-refractivity contribution < 1.29 is 19.1 Å². The number of rotatable bonds is 5. The van der Waals surface area contributed by atoms with E-state index in [0.717, 1.165) is 0 Å². The zero-order valence-corrected chi connectivity index (χ0v) is 14.6. The van der Waals surface area contributed by atoms with E-state index >= 15 is 0 Å². The summed E-state index contributed by atoms with van der Waals surface area (Å²) in [5, 5.41) is 11.9. The number of nitrogens with zero attached hydrogens (tertiary/aromatic N) is 2. The molecule has 0 aliphatic heterocycles. The number of nitrogens with one attached hydrogen (secondary N) is 1. The predicted octanol–water partition coefficient (Wildman–Crippen LogP) is 2.28. The van der Waals surface area contributed by atoms with Crippen LogP contribution in [0.25, 0.3) is 0 Å². The molecule has 3 N–H and O–H groups in total. The number of ether oxygens (including phenoxy) is 2. The van der Waals surface area contributed by atoms with Crippen LogP contribution in [-0.4, -0.2) is 30.6 Å². The molecule has 0 aliphatic carbocycles. The minimum absolute atomic E-state index is 0.0173. The maximum Gasteiger partial charge on any atom is 0.342 e. The van der Waals surface area contributed by atoms with Gasteiger partial charge in [-0.05, 0) is 38.1 Å². The number of esters is 1. The molecule has 1 heterocycles. The zero-order valence-electron chi connectivity index (χ0n) is 14.6. The van der Waals surface area contributed by atoms with Gasteiger partial charge in [0, 0.05) is 5.56 Å². The lowest BCUT2D eigenvalue weighted by Gasteiger charge is -2.14. The van der Waals surface area contributed by atoms with Crippen LogP contribution in [0.4, 0.5) is 11.5 Å². The number of anilines is 2. The Bertz CT molecular complexity index is 886. The maximum absolute atomic E-state index is 12.4. The Balaban J connectivity index is 2.38. The molecule has 0 radical (unpaired) electrons. The number of nitrogens with two attached hydrogens (primary N) is 1. The van der Waals surface area contributed by atoms with Crippen molar-refractivity contribution in [3.8, 4) is 11.8 Å². The normalized spacial score (nSPS) is 9.92. The number of aromatic nitrogens is 1. The molecule has 0 bridgehead atoms. The third-order valence-corrected chi connectivity index (χ3v) is 3.59. The Morgan fingerprint density at radius 2 is 1.96 bits per heavy atom. The van der Waals surface area contributed by atoms with Crippen molar-refractivity contribution in [1.82, 2.24) is 4.98 Å². The predicted molar refractivity (Wildman–Crippen MR) is 95.0 cm³/mol. The van der Waals surface area contributed by atoms with Gasteiger partial charge in [0.15, 0.2) is 5.82 Å². The third-order valence-electron chi connectivity index (χ3n) is 3.59. The summed E-state index contributed by atoms with van der Waals surface area (Å²) >= 11 is 0. The zero-order chi connectivity index (χ0) is 19.3. The van der Waals surface area contributed by atoms with Crippen LogP contribution in [0.1, 0.15) is 38.9 Å². The second-order valence-electron chi connectivity index (χ2n) is 5.22. The number of benzene rings is 1. The molecule has 134 valence electrons. The smallest absolute Gasteiger partial charge is 0.342 e. The Hall–Kier alpha value is -3.60. The molecule has 0 saturated heterocycles. The number of aryl methyl sites for hydroxylation is 1. The molecule has 1 aromatic heterocycles. The SMILES string of the molecule is CCOC(=O)c1c(C)nc(NC(=O)c2ccc(OC)cc2)c(C#N)c1N. The van der Waals surface area contributed by atoms with Gasteiger partial charge in [-0.2, -0.15) is 5.26 Å². The molecule has 8 heteroatoms. The molecule has 1 aromatic carbocycles. The Labute approximate surface area is 150 Å². The maximum atomic E-state index is 12.4. The molecule has 8 nitrogen and oxygen atoms in total. The molecule has 0 spiro atoms. The molecule has 0 fully saturated rings. The van der Waals surface area contributed by atoms with Gasteiger partial charge in [-0.25, -0.2) is 9.78 Å². The van der Waals surface area contributed by atoms with E-state index in [9.17, 15) is 14.9 Å². The number of pyridine rings is 1. The Morgan fingerprint density at radius 1 is 1.31 bits per heavy atom. The lowest BCUT2D eigenvalue weighted by Crippen LogP contribution is -2.18. The first-order valence-corrected chi connectivity index (χ1v) is 7.75. The highest BCUT2D eigenvalue weighted by atomic mass is 16.5. The lowest BCUT2D eigenvalue weighted by molar-refractivity contribution is 0.0526. The van der Waals surface area contributed by atoms with Gasteiger partial charge in [0.25, 0.3) is 5.91 Å². The number of nitrogen functional groups attached to an aromatic ring is 1. The van der Waals surface area contributed by atoms with Crippen LogP contribution in [0.15, 0.2) is 24.3 Å². The summed E-state index contributed by atoms with van der Waals surface area (Å²) in [5.41, 5.74) is 6.39. The monoisotopic (exact) mass is 354 g/mol. The fourth-order valence-corrected chi connectivity index (χ4v) is 2.31. The Kier molecular flexibility index (Phi) is 5.75. The van der Waals surface area contributed by atoms with Crippen molar-refractivity contribution in [2.75, 3.05) is 24.8 Å². The van der Waals surface area contributed by atoms with Crippen LogP contribution in [0.3, 0.4) is 0 Å². The summed E-state index contributed by atoms with van der Waals surface area (Å²) in [5.74, 6) is -0.550. The number of hydrogen-bond acceptors (Lipinski definition) is 7. The molecular weight excluding hydrogens is 336 g/mol. The first-order valence-electron chi connectivity index (χ1n) is 7.75. The van der Waals surface area contributed by atoms with Gasteiger partial charge in [0.2, 0.25) is 0 Å². The van der Waals surface area contributed by atoms with E-state index in [2.05, 4.69) is 10.3 Å². The van der Waals surface area contributed by atoms with Gasteiger partial charge in [-0.1, -0.05) is 0 Å². The summed E-state index contributed by atoms with van der Waals surface area (Å²) in [7, 11) is 1.52. The lowest BCUT2D eigenvalue weighted by atomic mass is 10.1. The van der Waals surface area contributed by atoms with Crippen LogP contribution in [0, 0.1) is 18.3 Å². The molecule has 0 atom stereocenters. The average molecular weight is 354 g/mol. The van der Waals surface area contributed by atoms with E-state index in [0.29, 0.717) is 11.3 Å². The summed E-state index contributed by atoms with van der Waals surface area (Å²) in [6.07, 6.45) is 0. The van der Waals surface area contributed by atoms with Gasteiger partial charge in [-0.3, -0.25) is 4.79 Å². The average Bonchev–Trinajstić information content (AvgIpc) is 2.62. The summed E-state index contributed by atoms with van der Waals surface area (Å²) in [4.78, 5) is 28.6. The van der Waals surface area contributed by atoms with Crippen LogP contribution in [0.2, 0.25) is 0 Å². The third kappa shape index (κ3) is 3.72. The molecular formula is C18H18N4O4. The topological polar surface area (TPSA) is 127 Å². The number of carbonyl (C=O) groups excluding carboxylic acids is 2. The van der Waals surface area contributed by atoms with E-state index < -0.39 is 11.9 Å². The molecule has 1 amide bonds. The van der Waals surface area contributed by atoms with Crippen LogP contribution in [-0.2, 0) is 4.74 Å². The Morgan fingerprint density at radius 3 is 2.50 bits per heavy atom. The minimum Gasteiger partial charge on any atom is -0.497 e. The largest absolute Gasteiger partial charge is 0.497 e. The van der Waals surface area contributed by atoms with Crippen molar-refractivity contribution in [2.24, 2.45) is 0 Å². The highest BCUT2D eigenvalue weighted by molar-refractivity contribution is 6.06. The minimum atomic E-state index is -0.667. The second kappa shape index (κ2) is 7.98. The van der Waals surface area contributed by atoms with Gasteiger partial charge in [0.1, 0.15) is 22.9 Å². The van der Waals surface area contributed by atoms with Crippen molar-refractivity contribution in [3.63, 3.8) is 0 Å². The van der Waals surface area contributed by atoms with E-state index in [1.807, 2.05) is 6.07 Å². The highest BCUT2D eigenvalue weighted by Gasteiger charge is 2.23. The molecule has 2 aromatic rings. The van der Waals surface area contributed by atoms with Crippen LogP contribution >= 0.6 is 0 Å². The van der Waals surface area contributed by atoms with Crippen LogP contribution < -0.4 is 15.8 Å². The van der Waals surface area contributed by atoms with Crippen molar-refractivity contribution in [1.29, 1.82) is 5.26 Å². The number of amides is 1. The van der Waals surface area contributed by atoms with E-state index in [-0.39, 0.29) is 34.9 Å². The highest BCUT2D eigenvalue weighted by Crippen LogP contribution is 2.27. The summed E-state index contributed by atoms with van der Waals surface area (Å²) in [6.45, 7) is 3.37. The number of carbonyl (C=O) groups is 2. The van der Waals surface area contributed by atoms with E-state index in [1.54, 1.807) is 38.1 Å². The van der Waals surface area contributed by atoms with Gasteiger partial charge < -0.3 is 20.5 Å². The van der Waals surface area contributed by atoms with E-state index in [4.69, 9.17) is 15.2 Å². The van der Waals surface area contributed by atoms with Gasteiger partial charge >= 0.3 is 5.97 Å². The molecule has 0 unspecified atom stereocenters. The van der Waals surface area contributed by atoms with Crippen molar-refractivity contribution >= 4 is 23.4 Å². The van der Waals surface area contributed by atoms with Crippen molar-refractivity contribution in [2.45, 2.75) is 13.8 Å². The first kappa shape index (κ1) is 18.7. The quantitative estimate of drug-likeness (QED) is 0.788. The molecule has 2 rings (SSSR count). The summed E-state index contributed by atoms with van der Waals surface area (Å²) < 4.78 is 9.98. The van der Waals surface area contributed by atoms with Gasteiger partial charge in [0.05, 0.1) is 25.1 Å². The van der Waals surface area contributed by atoms with Crippen molar-refractivity contribution in [3.05, 3.63) is 46.6 Å². The molecule has 0 aliphatic rings. The molecule has 26 heavy (non-hydrogen) atoms. The van der Waals surface area contributed by atoms with Crippen LogP contribution in [0.5, 0.6) is 5.75 Å².